The number of nitriles is 1. The van der Waals surface area contributed by atoms with Gasteiger partial charge in [0.1, 0.15) is 5.82 Å². The Labute approximate surface area is 99.8 Å². The molecule has 0 aliphatic heterocycles. The van der Waals surface area contributed by atoms with Crippen LogP contribution < -0.4 is 0 Å². The molecule has 2 rings (SSSR count). The van der Waals surface area contributed by atoms with E-state index in [1.165, 1.54) is 6.07 Å². The smallest absolute Gasteiger partial charge is 0.129 e. The zero-order chi connectivity index (χ0) is 11.6. The van der Waals surface area contributed by atoms with Crippen molar-refractivity contribution in [2.45, 2.75) is 37.5 Å². The van der Waals surface area contributed by atoms with Gasteiger partial charge in [0, 0.05) is 10.6 Å². The summed E-state index contributed by atoms with van der Waals surface area (Å²) in [5.41, 5.74) is -0.306. The molecule has 1 saturated carbocycles. The van der Waals surface area contributed by atoms with Crippen molar-refractivity contribution in [3.05, 3.63) is 34.6 Å². The molecule has 0 saturated heterocycles. The molecular weight excluding hydrogens is 225 g/mol. The lowest BCUT2D eigenvalue weighted by Crippen LogP contribution is -2.28. The Morgan fingerprint density at radius 3 is 2.50 bits per heavy atom. The van der Waals surface area contributed by atoms with Gasteiger partial charge in [0.15, 0.2) is 0 Å². The van der Waals surface area contributed by atoms with E-state index in [0.29, 0.717) is 23.4 Å². The number of hydrogen-bond donors (Lipinski definition) is 0. The Kier molecular flexibility index (Phi) is 3.16. The molecule has 84 valence electrons. The van der Waals surface area contributed by atoms with Crippen LogP contribution >= 0.6 is 11.6 Å². The van der Waals surface area contributed by atoms with Crippen LogP contribution in [0.25, 0.3) is 0 Å². The number of hydrogen-bond acceptors (Lipinski definition) is 1. The number of halogens is 2. The predicted octanol–water partition coefficient (Wildman–Crippen LogP) is 4.20. The second-order valence-corrected chi connectivity index (χ2v) is 4.76. The van der Waals surface area contributed by atoms with Crippen LogP contribution in [0.3, 0.4) is 0 Å². The molecular formula is C13H13ClFN. The lowest BCUT2D eigenvalue weighted by molar-refractivity contribution is 0.355. The first-order valence-corrected chi connectivity index (χ1v) is 5.93. The molecule has 3 heteroatoms. The molecule has 0 aromatic heterocycles. The standard InChI is InChI=1S/C13H13ClFN/c14-10-5-4-6-11(15)12(10)13(9-16)7-2-1-3-8-13/h4-6H,1-3,7-8H2. The average Bonchev–Trinajstić information content (AvgIpc) is 2.30. The fourth-order valence-corrected chi connectivity index (χ4v) is 2.87. The van der Waals surface area contributed by atoms with Crippen LogP contribution in [-0.2, 0) is 5.41 Å². The maximum absolute atomic E-state index is 13.8. The van der Waals surface area contributed by atoms with Gasteiger partial charge in [0.25, 0.3) is 0 Å². The number of benzene rings is 1. The van der Waals surface area contributed by atoms with Crippen molar-refractivity contribution in [1.29, 1.82) is 5.26 Å². The highest BCUT2D eigenvalue weighted by molar-refractivity contribution is 6.31. The van der Waals surface area contributed by atoms with Gasteiger partial charge in [-0.3, -0.25) is 0 Å². The first kappa shape index (κ1) is 11.4. The summed E-state index contributed by atoms with van der Waals surface area (Å²) in [6.45, 7) is 0. The fourth-order valence-electron chi connectivity index (χ4n) is 2.53. The highest BCUT2D eigenvalue weighted by Crippen LogP contribution is 2.42. The molecule has 1 aliphatic rings. The molecule has 0 heterocycles. The molecule has 0 atom stereocenters. The number of rotatable bonds is 1. The molecule has 0 spiro atoms. The molecule has 0 radical (unpaired) electrons. The third-order valence-corrected chi connectivity index (χ3v) is 3.68. The van der Waals surface area contributed by atoms with Crippen molar-refractivity contribution in [3.8, 4) is 6.07 Å². The lowest BCUT2D eigenvalue weighted by atomic mass is 9.70. The summed E-state index contributed by atoms with van der Waals surface area (Å²) < 4.78 is 13.8. The van der Waals surface area contributed by atoms with Gasteiger partial charge >= 0.3 is 0 Å². The van der Waals surface area contributed by atoms with E-state index in [1.807, 2.05) is 0 Å². The van der Waals surface area contributed by atoms with Crippen molar-refractivity contribution < 1.29 is 4.39 Å². The number of nitrogens with zero attached hydrogens (tertiary/aromatic N) is 1. The topological polar surface area (TPSA) is 23.8 Å². The fraction of sp³-hybridized carbons (Fsp3) is 0.462. The van der Waals surface area contributed by atoms with Crippen LogP contribution in [-0.4, -0.2) is 0 Å². The Morgan fingerprint density at radius 1 is 1.25 bits per heavy atom. The second-order valence-electron chi connectivity index (χ2n) is 4.35. The van der Waals surface area contributed by atoms with Crippen LogP contribution in [0.1, 0.15) is 37.7 Å². The molecule has 0 N–H and O–H groups in total. The van der Waals surface area contributed by atoms with Crippen molar-refractivity contribution in [2.24, 2.45) is 0 Å². The minimum Gasteiger partial charge on any atom is -0.207 e. The SMILES string of the molecule is N#CC1(c2c(F)cccc2Cl)CCCCC1. The van der Waals surface area contributed by atoms with E-state index in [2.05, 4.69) is 6.07 Å². The second kappa shape index (κ2) is 4.43. The highest BCUT2D eigenvalue weighted by atomic mass is 35.5. The van der Waals surface area contributed by atoms with Crippen LogP contribution in [0, 0.1) is 17.1 Å². The van der Waals surface area contributed by atoms with Crippen molar-refractivity contribution >= 4 is 11.6 Å². The minimum atomic E-state index is -0.708. The summed E-state index contributed by atoms with van der Waals surface area (Å²) in [4.78, 5) is 0. The molecule has 1 aromatic carbocycles. The third-order valence-electron chi connectivity index (χ3n) is 3.36. The Morgan fingerprint density at radius 2 is 1.94 bits per heavy atom. The molecule has 1 nitrogen and oxygen atoms in total. The van der Waals surface area contributed by atoms with E-state index in [1.54, 1.807) is 12.1 Å². The predicted molar refractivity (Wildman–Crippen MR) is 61.8 cm³/mol. The molecule has 1 aromatic rings. The van der Waals surface area contributed by atoms with Crippen LogP contribution in [0.4, 0.5) is 4.39 Å². The monoisotopic (exact) mass is 237 g/mol. The Balaban J connectivity index is 2.52. The zero-order valence-electron chi connectivity index (χ0n) is 8.97. The summed E-state index contributed by atoms with van der Waals surface area (Å²) in [5.74, 6) is -0.351. The molecule has 16 heavy (non-hydrogen) atoms. The minimum absolute atomic E-state index is 0.351. The molecule has 0 unspecified atom stereocenters. The van der Waals surface area contributed by atoms with Gasteiger partial charge in [-0.25, -0.2) is 4.39 Å². The van der Waals surface area contributed by atoms with Gasteiger partial charge in [-0.15, -0.1) is 0 Å². The van der Waals surface area contributed by atoms with E-state index < -0.39 is 5.41 Å². The lowest BCUT2D eigenvalue weighted by Gasteiger charge is -2.31. The van der Waals surface area contributed by atoms with Crippen molar-refractivity contribution in [3.63, 3.8) is 0 Å². The van der Waals surface area contributed by atoms with E-state index in [0.717, 1.165) is 19.3 Å². The average molecular weight is 238 g/mol. The Hall–Kier alpha value is -1.07. The van der Waals surface area contributed by atoms with Crippen LogP contribution in [0.15, 0.2) is 18.2 Å². The van der Waals surface area contributed by atoms with Crippen LogP contribution in [0.5, 0.6) is 0 Å². The van der Waals surface area contributed by atoms with Crippen molar-refractivity contribution in [2.75, 3.05) is 0 Å². The van der Waals surface area contributed by atoms with Gasteiger partial charge in [-0.05, 0) is 25.0 Å². The van der Waals surface area contributed by atoms with E-state index in [4.69, 9.17) is 11.6 Å². The summed E-state index contributed by atoms with van der Waals surface area (Å²) in [6.07, 6.45) is 4.49. The highest BCUT2D eigenvalue weighted by Gasteiger charge is 2.37. The first-order chi connectivity index (χ1) is 7.69. The van der Waals surface area contributed by atoms with Gasteiger partial charge < -0.3 is 0 Å². The molecule has 0 bridgehead atoms. The Bertz CT molecular complexity index is 410. The van der Waals surface area contributed by atoms with Crippen LogP contribution in [0.2, 0.25) is 5.02 Å². The third kappa shape index (κ3) is 1.81. The normalized spacial score (nSPS) is 19.1. The molecule has 0 amide bonds. The van der Waals surface area contributed by atoms with Gasteiger partial charge in [0.05, 0.1) is 11.5 Å². The summed E-state index contributed by atoms with van der Waals surface area (Å²) in [7, 11) is 0. The largest absolute Gasteiger partial charge is 0.207 e. The van der Waals surface area contributed by atoms with Crippen molar-refractivity contribution in [1.82, 2.24) is 0 Å². The quantitative estimate of drug-likeness (QED) is 0.718. The maximum Gasteiger partial charge on any atom is 0.129 e. The molecule has 1 fully saturated rings. The van der Waals surface area contributed by atoms with Gasteiger partial charge in [0.2, 0.25) is 0 Å². The summed E-state index contributed by atoms with van der Waals surface area (Å²) in [6, 6.07) is 6.91. The zero-order valence-corrected chi connectivity index (χ0v) is 9.73. The molecule has 1 aliphatic carbocycles. The van der Waals surface area contributed by atoms with E-state index >= 15 is 0 Å². The van der Waals surface area contributed by atoms with Gasteiger partial charge in [-0.1, -0.05) is 36.9 Å². The maximum atomic E-state index is 13.8. The van der Waals surface area contributed by atoms with E-state index in [-0.39, 0.29) is 5.82 Å². The van der Waals surface area contributed by atoms with E-state index in [9.17, 15) is 9.65 Å². The van der Waals surface area contributed by atoms with Gasteiger partial charge in [-0.2, -0.15) is 5.26 Å². The summed E-state index contributed by atoms with van der Waals surface area (Å²) >= 11 is 6.04. The summed E-state index contributed by atoms with van der Waals surface area (Å²) in [5, 5.41) is 9.75. The first-order valence-electron chi connectivity index (χ1n) is 5.55.